The molecule has 0 radical (unpaired) electrons. The third-order valence-corrected chi connectivity index (χ3v) is 5.97. The van der Waals surface area contributed by atoms with Crippen LogP contribution in [0, 0.1) is 11.3 Å². The lowest BCUT2D eigenvalue weighted by molar-refractivity contribution is -0.142. The number of nitrogens with one attached hydrogen (secondary N) is 1. The van der Waals surface area contributed by atoms with E-state index in [1.54, 1.807) is 12.4 Å². The number of pyridine rings is 1. The Morgan fingerprint density at radius 2 is 1.71 bits per heavy atom. The van der Waals surface area contributed by atoms with E-state index in [1.165, 1.54) is 12.8 Å². The van der Waals surface area contributed by atoms with Gasteiger partial charge in [-0.15, -0.1) is 0 Å². The summed E-state index contributed by atoms with van der Waals surface area (Å²) in [7, 11) is 0. The maximum absolute atomic E-state index is 13.1. The molecule has 2 aliphatic rings. The Hall–Kier alpha value is -1.95. The fourth-order valence-electron chi connectivity index (χ4n) is 4.42. The van der Waals surface area contributed by atoms with E-state index in [1.807, 2.05) is 37.8 Å². The number of hydrogen-bond donors (Lipinski definition) is 1. The van der Waals surface area contributed by atoms with E-state index in [0.717, 1.165) is 31.5 Å². The smallest absolute Gasteiger partial charge is 0.237 e. The normalized spacial score (nSPS) is 20.2. The molecule has 1 aliphatic carbocycles. The predicted octanol–water partition coefficient (Wildman–Crippen LogP) is 2.45. The lowest BCUT2D eigenvalue weighted by Crippen LogP contribution is -2.58. The first kappa shape index (κ1) is 20.8. The van der Waals surface area contributed by atoms with Crippen molar-refractivity contribution in [2.45, 2.75) is 59.0 Å². The van der Waals surface area contributed by atoms with Gasteiger partial charge in [-0.3, -0.25) is 19.5 Å². The van der Waals surface area contributed by atoms with E-state index in [4.69, 9.17) is 0 Å². The molecule has 0 bridgehead atoms. The first-order valence-electron chi connectivity index (χ1n) is 10.6. The van der Waals surface area contributed by atoms with Crippen LogP contribution in [0.5, 0.6) is 0 Å². The molecule has 1 aromatic heterocycles. The summed E-state index contributed by atoms with van der Waals surface area (Å²) in [5, 5.41) is 3.14. The van der Waals surface area contributed by atoms with Gasteiger partial charge in [-0.2, -0.15) is 0 Å². The van der Waals surface area contributed by atoms with E-state index in [9.17, 15) is 9.59 Å². The van der Waals surface area contributed by atoms with Crippen molar-refractivity contribution in [3.8, 4) is 0 Å². The molecule has 1 saturated heterocycles. The van der Waals surface area contributed by atoms with Crippen molar-refractivity contribution in [1.29, 1.82) is 0 Å². The molecule has 1 unspecified atom stereocenters. The minimum atomic E-state index is -0.352. The van der Waals surface area contributed by atoms with Gasteiger partial charge in [0.05, 0.1) is 6.04 Å². The molecule has 0 aromatic carbocycles. The van der Waals surface area contributed by atoms with E-state index in [2.05, 4.69) is 15.2 Å². The number of rotatable bonds is 5. The Bertz CT molecular complexity index is 657. The van der Waals surface area contributed by atoms with Gasteiger partial charge in [0.1, 0.15) is 0 Å². The number of piperazine rings is 1. The molecule has 0 spiro atoms. The van der Waals surface area contributed by atoms with Crippen molar-refractivity contribution in [1.82, 2.24) is 20.1 Å². The van der Waals surface area contributed by atoms with Crippen molar-refractivity contribution < 1.29 is 9.59 Å². The fraction of sp³-hybridized carbons (Fsp3) is 0.682. The van der Waals surface area contributed by atoms with Crippen LogP contribution >= 0.6 is 0 Å². The van der Waals surface area contributed by atoms with E-state index >= 15 is 0 Å². The number of carbonyl (C=O) groups excluding carboxylic acids is 2. The monoisotopic (exact) mass is 386 g/mol. The maximum atomic E-state index is 13.1. The summed E-state index contributed by atoms with van der Waals surface area (Å²) < 4.78 is 0. The van der Waals surface area contributed by atoms with Crippen LogP contribution in [0.25, 0.3) is 0 Å². The summed E-state index contributed by atoms with van der Waals surface area (Å²) in [6.07, 6.45) is 8.16. The second kappa shape index (κ2) is 9.03. The summed E-state index contributed by atoms with van der Waals surface area (Å²) >= 11 is 0. The van der Waals surface area contributed by atoms with Crippen molar-refractivity contribution in [2.24, 2.45) is 11.3 Å². The van der Waals surface area contributed by atoms with Crippen molar-refractivity contribution >= 4 is 11.8 Å². The molecule has 1 aromatic rings. The Kier molecular flexibility index (Phi) is 6.70. The van der Waals surface area contributed by atoms with Gasteiger partial charge in [-0.05, 0) is 36.5 Å². The Morgan fingerprint density at radius 3 is 2.29 bits per heavy atom. The molecule has 1 N–H and O–H groups in total. The molecule has 1 aliphatic heterocycles. The van der Waals surface area contributed by atoms with E-state index < -0.39 is 0 Å². The maximum Gasteiger partial charge on any atom is 0.237 e. The van der Waals surface area contributed by atoms with Crippen LogP contribution in [-0.4, -0.2) is 58.8 Å². The zero-order valence-corrected chi connectivity index (χ0v) is 17.5. The van der Waals surface area contributed by atoms with Gasteiger partial charge in [0.25, 0.3) is 0 Å². The molecule has 28 heavy (non-hydrogen) atoms. The largest absolute Gasteiger partial charge is 0.351 e. The fourth-order valence-corrected chi connectivity index (χ4v) is 4.42. The first-order chi connectivity index (χ1) is 13.4. The molecule has 3 rings (SSSR count). The summed E-state index contributed by atoms with van der Waals surface area (Å²) in [5.41, 5.74) is 0.712. The molecule has 6 nitrogen and oxygen atoms in total. The molecular weight excluding hydrogens is 352 g/mol. The highest BCUT2D eigenvalue weighted by atomic mass is 16.2. The molecule has 6 heteroatoms. The van der Waals surface area contributed by atoms with E-state index in [0.29, 0.717) is 25.6 Å². The zero-order chi connectivity index (χ0) is 20.1. The molecule has 2 amide bonds. The Morgan fingerprint density at radius 1 is 1.11 bits per heavy atom. The summed E-state index contributed by atoms with van der Waals surface area (Å²) in [4.78, 5) is 34.0. The van der Waals surface area contributed by atoms with Crippen LogP contribution in [0.2, 0.25) is 0 Å². The third kappa shape index (κ3) is 5.10. The number of hydrogen-bond acceptors (Lipinski definition) is 4. The van der Waals surface area contributed by atoms with Crippen LogP contribution in [0.3, 0.4) is 0 Å². The zero-order valence-electron chi connectivity index (χ0n) is 17.5. The highest BCUT2D eigenvalue weighted by molar-refractivity contribution is 5.83. The molecule has 2 heterocycles. The van der Waals surface area contributed by atoms with Gasteiger partial charge in [-0.25, -0.2) is 0 Å². The van der Waals surface area contributed by atoms with Crippen LogP contribution < -0.4 is 5.32 Å². The third-order valence-electron chi connectivity index (χ3n) is 5.97. The van der Waals surface area contributed by atoms with Crippen LogP contribution in [0.1, 0.15) is 52.0 Å². The van der Waals surface area contributed by atoms with E-state index in [-0.39, 0.29) is 23.3 Å². The molecule has 1 saturated carbocycles. The highest BCUT2D eigenvalue weighted by Gasteiger charge is 2.38. The second-order valence-electron chi connectivity index (χ2n) is 9.14. The Balaban J connectivity index is 1.62. The molecule has 2 fully saturated rings. The van der Waals surface area contributed by atoms with Gasteiger partial charge < -0.3 is 10.2 Å². The second-order valence-corrected chi connectivity index (χ2v) is 9.14. The topological polar surface area (TPSA) is 65.5 Å². The van der Waals surface area contributed by atoms with Gasteiger partial charge >= 0.3 is 0 Å². The van der Waals surface area contributed by atoms with Crippen LogP contribution in [0.15, 0.2) is 24.5 Å². The molecule has 154 valence electrons. The SMILES string of the molecule is CC(C)(C)C(=O)N1CCN(C(C(=O)NCc2ccncc2)C2CCCC2)CC1. The van der Waals surface area contributed by atoms with Crippen molar-refractivity contribution in [2.75, 3.05) is 26.2 Å². The molecular formula is C22H34N4O2. The summed E-state index contributed by atoms with van der Waals surface area (Å²) in [6, 6.07) is 3.78. The highest BCUT2D eigenvalue weighted by Crippen LogP contribution is 2.31. The first-order valence-corrected chi connectivity index (χ1v) is 10.6. The van der Waals surface area contributed by atoms with Gasteiger partial charge in [-0.1, -0.05) is 33.6 Å². The number of amides is 2. The van der Waals surface area contributed by atoms with Crippen molar-refractivity contribution in [3.05, 3.63) is 30.1 Å². The minimum absolute atomic E-state index is 0.0868. The van der Waals surface area contributed by atoms with Gasteiger partial charge in [0.15, 0.2) is 0 Å². The minimum Gasteiger partial charge on any atom is -0.351 e. The number of carbonyl (C=O) groups is 2. The number of nitrogens with zero attached hydrogens (tertiary/aromatic N) is 3. The Labute approximate surface area is 168 Å². The standard InChI is InChI=1S/C22H34N4O2/c1-22(2,3)21(28)26-14-12-25(13-15-26)19(18-6-4-5-7-18)20(27)24-16-17-8-10-23-11-9-17/h8-11,18-19H,4-7,12-16H2,1-3H3,(H,24,27). The average Bonchev–Trinajstić information content (AvgIpc) is 3.21. The van der Waals surface area contributed by atoms with Crippen LogP contribution in [-0.2, 0) is 16.1 Å². The number of aromatic nitrogens is 1. The lowest BCUT2D eigenvalue weighted by Gasteiger charge is -2.42. The molecule has 1 atom stereocenters. The lowest BCUT2D eigenvalue weighted by atomic mass is 9.93. The van der Waals surface area contributed by atoms with Crippen LogP contribution in [0.4, 0.5) is 0 Å². The van der Waals surface area contributed by atoms with Gasteiger partial charge in [0.2, 0.25) is 11.8 Å². The van der Waals surface area contributed by atoms with Crippen molar-refractivity contribution in [3.63, 3.8) is 0 Å². The quantitative estimate of drug-likeness (QED) is 0.844. The summed E-state index contributed by atoms with van der Waals surface area (Å²) in [6.45, 7) is 9.39. The van der Waals surface area contributed by atoms with Gasteiger partial charge in [0, 0.05) is 50.5 Å². The predicted molar refractivity (Wildman–Crippen MR) is 109 cm³/mol. The average molecular weight is 387 g/mol. The summed E-state index contributed by atoms with van der Waals surface area (Å²) in [5.74, 6) is 0.744.